The van der Waals surface area contributed by atoms with Crippen molar-refractivity contribution < 1.29 is 0 Å². The van der Waals surface area contributed by atoms with E-state index in [0.717, 1.165) is 24.9 Å². The molecule has 1 fully saturated rings. The molecule has 0 spiro atoms. The second kappa shape index (κ2) is 4.80. The van der Waals surface area contributed by atoms with Gasteiger partial charge in [0.05, 0.1) is 6.17 Å². The summed E-state index contributed by atoms with van der Waals surface area (Å²) in [6.45, 7) is 3.28. The Morgan fingerprint density at radius 1 is 1.42 bits per heavy atom. The van der Waals surface area contributed by atoms with Gasteiger partial charge in [0, 0.05) is 6.04 Å². The van der Waals surface area contributed by atoms with Crippen molar-refractivity contribution in [2.75, 3.05) is 6.54 Å². The van der Waals surface area contributed by atoms with Crippen LogP contribution in [0.25, 0.3) is 0 Å². The highest BCUT2D eigenvalue weighted by molar-refractivity contribution is 4.78. The molecule has 0 heterocycles. The fraction of sp³-hybridized carbons (Fsp3) is 1.00. The molecule has 2 unspecified atom stereocenters. The summed E-state index contributed by atoms with van der Waals surface area (Å²) in [5.41, 5.74) is 10.9. The van der Waals surface area contributed by atoms with Gasteiger partial charge < -0.3 is 16.8 Å². The predicted molar refractivity (Wildman–Crippen MR) is 51.6 cm³/mol. The molecule has 0 aliphatic heterocycles. The highest BCUT2D eigenvalue weighted by Crippen LogP contribution is 2.24. The number of hydrogen-bond donors (Lipinski definition) is 3. The molecule has 1 aliphatic rings. The molecule has 5 N–H and O–H groups in total. The van der Waals surface area contributed by atoms with E-state index >= 15 is 0 Å². The highest BCUT2D eigenvalue weighted by Gasteiger charge is 2.20. The van der Waals surface area contributed by atoms with E-state index in [9.17, 15) is 0 Å². The average Bonchev–Trinajstić information content (AvgIpc) is 2.35. The molecule has 0 radical (unpaired) electrons. The van der Waals surface area contributed by atoms with Crippen LogP contribution >= 0.6 is 0 Å². The van der Waals surface area contributed by atoms with E-state index < -0.39 is 0 Å². The van der Waals surface area contributed by atoms with Crippen LogP contribution in [-0.4, -0.2) is 18.8 Å². The van der Waals surface area contributed by atoms with Gasteiger partial charge in [-0.1, -0.05) is 6.92 Å². The quantitative estimate of drug-likeness (QED) is 0.536. The average molecular weight is 171 g/mol. The lowest BCUT2D eigenvalue weighted by Gasteiger charge is -2.13. The van der Waals surface area contributed by atoms with Crippen LogP contribution in [0.4, 0.5) is 0 Å². The predicted octanol–water partition coefficient (Wildman–Crippen LogP) is 0.398. The molecule has 3 heteroatoms. The van der Waals surface area contributed by atoms with E-state index in [1.807, 2.05) is 0 Å². The SMILES string of the molecule is CC1CCC(NCCC(N)N)C1. The van der Waals surface area contributed by atoms with Crippen LogP contribution in [0, 0.1) is 5.92 Å². The summed E-state index contributed by atoms with van der Waals surface area (Å²) in [6.07, 6.45) is 4.73. The van der Waals surface area contributed by atoms with Gasteiger partial charge in [0.1, 0.15) is 0 Å². The first-order chi connectivity index (χ1) is 5.68. The van der Waals surface area contributed by atoms with Crippen LogP contribution in [0.3, 0.4) is 0 Å². The zero-order chi connectivity index (χ0) is 8.97. The molecule has 0 amide bonds. The Balaban J connectivity index is 2.00. The summed E-state index contributed by atoms with van der Waals surface area (Å²) < 4.78 is 0. The van der Waals surface area contributed by atoms with Gasteiger partial charge in [-0.2, -0.15) is 0 Å². The molecule has 72 valence electrons. The first-order valence-corrected chi connectivity index (χ1v) is 4.93. The molecule has 1 aliphatic carbocycles. The van der Waals surface area contributed by atoms with E-state index in [0.29, 0.717) is 0 Å². The number of nitrogens with two attached hydrogens (primary N) is 2. The second-order valence-electron chi connectivity index (χ2n) is 4.02. The third-order valence-electron chi connectivity index (χ3n) is 2.61. The molecule has 0 aromatic carbocycles. The van der Waals surface area contributed by atoms with Gasteiger partial charge in [0.2, 0.25) is 0 Å². The maximum Gasteiger partial charge on any atom is 0.0533 e. The molecular weight excluding hydrogens is 150 g/mol. The van der Waals surface area contributed by atoms with Crippen LogP contribution in [-0.2, 0) is 0 Å². The minimum Gasteiger partial charge on any atom is -0.316 e. The minimum absolute atomic E-state index is 0.156. The van der Waals surface area contributed by atoms with E-state index in [2.05, 4.69) is 12.2 Å². The third-order valence-corrected chi connectivity index (χ3v) is 2.61. The summed E-state index contributed by atoms with van der Waals surface area (Å²) in [5, 5.41) is 3.48. The normalized spacial score (nSPS) is 30.0. The minimum atomic E-state index is -0.156. The van der Waals surface area contributed by atoms with Crippen molar-refractivity contribution in [3.05, 3.63) is 0 Å². The van der Waals surface area contributed by atoms with Crippen LogP contribution in [0.15, 0.2) is 0 Å². The van der Waals surface area contributed by atoms with Gasteiger partial charge in [0.25, 0.3) is 0 Å². The summed E-state index contributed by atoms with van der Waals surface area (Å²) in [4.78, 5) is 0. The number of rotatable bonds is 4. The monoisotopic (exact) mass is 171 g/mol. The highest BCUT2D eigenvalue weighted by atomic mass is 14.9. The van der Waals surface area contributed by atoms with Gasteiger partial charge in [-0.3, -0.25) is 0 Å². The lowest BCUT2D eigenvalue weighted by Crippen LogP contribution is -2.36. The summed E-state index contributed by atoms with van der Waals surface area (Å²) in [6, 6.07) is 0.721. The fourth-order valence-corrected chi connectivity index (χ4v) is 1.85. The molecular formula is C9H21N3. The Bertz CT molecular complexity index is 125. The zero-order valence-corrected chi connectivity index (χ0v) is 7.92. The Morgan fingerprint density at radius 2 is 2.17 bits per heavy atom. The third kappa shape index (κ3) is 3.52. The van der Waals surface area contributed by atoms with Crippen molar-refractivity contribution in [1.29, 1.82) is 0 Å². The number of hydrogen-bond acceptors (Lipinski definition) is 3. The van der Waals surface area contributed by atoms with Crippen molar-refractivity contribution in [3.63, 3.8) is 0 Å². The lowest BCUT2D eigenvalue weighted by molar-refractivity contribution is 0.478. The van der Waals surface area contributed by atoms with Gasteiger partial charge in [-0.15, -0.1) is 0 Å². The lowest BCUT2D eigenvalue weighted by atomic mass is 10.1. The molecule has 1 rings (SSSR count). The fourth-order valence-electron chi connectivity index (χ4n) is 1.85. The molecule has 12 heavy (non-hydrogen) atoms. The Labute approximate surface area is 74.9 Å². The molecule has 1 saturated carbocycles. The van der Waals surface area contributed by atoms with Crippen molar-refractivity contribution >= 4 is 0 Å². The Morgan fingerprint density at radius 3 is 2.67 bits per heavy atom. The van der Waals surface area contributed by atoms with Gasteiger partial charge in [-0.05, 0) is 38.1 Å². The molecule has 0 aromatic rings. The maximum absolute atomic E-state index is 5.44. The first-order valence-electron chi connectivity index (χ1n) is 4.93. The van der Waals surface area contributed by atoms with Gasteiger partial charge in [-0.25, -0.2) is 0 Å². The van der Waals surface area contributed by atoms with E-state index in [1.54, 1.807) is 0 Å². The molecule has 0 saturated heterocycles. The van der Waals surface area contributed by atoms with Crippen molar-refractivity contribution in [1.82, 2.24) is 5.32 Å². The Kier molecular flexibility index (Phi) is 3.98. The van der Waals surface area contributed by atoms with Crippen molar-refractivity contribution in [3.8, 4) is 0 Å². The van der Waals surface area contributed by atoms with Crippen LogP contribution in [0.5, 0.6) is 0 Å². The maximum atomic E-state index is 5.44. The van der Waals surface area contributed by atoms with Crippen LogP contribution in [0.2, 0.25) is 0 Å². The van der Waals surface area contributed by atoms with E-state index in [1.165, 1.54) is 19.3 Å². The van der Waals surface area contributed by atoms with Gasteiger partial charge >= 0.3 is 0 Å². The summed E-state index contributed by atoms with van der Waals surface area (Å²) in [5.74, 6) is 0.897. The summed E-state index contributed by atoms with van der Waals surface area (Å²) >= 11 is 0. The second-order valence-corrected chi connectivity index (χ2v) is 4.02. The zero-order valence-electron chi connectivity index (χ0n) is 7.92. The van der Waals surface area contributed by atoms with E-state index in [-0.39, 0.29) is 6.17 Å². The smallest absolute Gasteiger partial charge is 0.0533 e. The van der Waals surface area contributed by atoms with Crippen LogP contribution in [0.1, 0.15) is 32.6 Å². The first kappa shape index (κ1) is 9.96. The molecule has 3 nitrogen and oxygen atoms in total. The molecule has 0 aromatic heterocycles. The van der Waals surface area contributed by atoms with E-state index in [4.69, 9.17) is 11.5 Å². The van der Waals surface area contributed by atoms with Crippen molar-refractivity contribution in [2.24, 2.45) is 17.4 Å². The van der Waals surface area contributed by atoms with Crippen LogP contribution < -0.4 is 16.8 Å². The Hall–Kier alpha value is -0.120. The molecule has 2 atom stereocenters. The number of nitrogens with one attached hydrogen (secondary N) is 1. The molecule has 0 bridgehead atoms. The van der Waals surface area contributed by atoms with Crippen molar-refractivity contribution in [2.45, 2.75) is 44.8 Å². The largest absolute Gasteiger partial charge is 0.316 e. The van der Waals surface area contributed by atoms with Gasteiger partial charge in [0.15, 0.2) is 0 Å². The topological polar surface area (TPSA) is 64.1 Å². The standard InChI is InChI=1S/C9H21N3/c1-7-2-3-8(6-7)12-5-4-9(10)11/h7-9,12H,2-6,10-11H2,1H3. The summed E-state index contributed by atoms with van der Waals surface area (Å²) in [7, 11) is 0.